The quantitative estimate of drug-likeness (QED) is 0.834. The van der Waals surface area contributed by atoms with Crippen LogP contribution in [0.4, 0.5) is 5.69 Å². The molecule has 0 saturated heterocycles. The first-order valence-corrected chi connectivity index (χ1v) is 8.26. The van der Waals surface area contributed by atoms with Gasteiger partial charge in [0.1, 0.15) is 17.1 Å². The fourth-order valence-corrected chi connectivity index (χ4v) is 2.96. The molecule has 0 fully saturated rings. The molecule has 0 radical (unpaired) electrons. The van der Waals surface area contributed by atoms with Gasteiger partial charge in [0.15, 0.2) is 0 Å². The summed E-state index contributed by atoms with van der Waals surface area (Å²) in [5.41, 5.74) is 1.50. The third kappa shape index (κ3) is 3.44. The van der Waals surface area contributed by atoms with Crippen LogP contribution in [0.25, 0.3) is 0 Å². The summed E-state index contributed by atoms with van der Waals surface area (Å²) < 4.78 is 5.40. The Morgan fingerprint density at radius 1 is 1.28 bits per heavy atom. The number of carbonyl (C=O) groups excluding carboxylic acids is 2. The monoisotopic (exact) mass is 342 g/mol. The second-order valence-corrected chi connectivity index (χ2v) is 6.71. The lowest BCUT2D eigenvalue weighted by Crippen LogP contribution is -2.46. The minimum atomic E-state index is -1.39. The number of hydrogen-bond donors (Lipinski definition) is 2. The third-order valence-electron chi connectivity index (χ3n) is 4.44. The Kier molecular flexibility index (Phi) is 4.39. The molecular formula is C19H22N2O4. The number of furan rings is 1. The summed E-state index contributed by atoms with van der Waals surface area (Å²) in [6, 6.07) is 9.29. The molecule has 1 atom stereocenters. The first-order chi connectivity index (χ1) is 11.8. The summed E-state index contributed by atoms with van der Waals surface area (Å²) in [4.78, 5) is 26.2. The van der Waals surface area contributed by atoms with Gasteiger partial charge in [-0.2, -0.15) is 0 Å². The highest BCUT2D eigenvalue weighted by atomic mass is 16.4. The zero-order valence-corrected chi connectivity index (χ0v) is 14.6. The molecule has 0 saturated carbocycles. The van der Waals surface area contributed by atoms with Crippen molar-refractivity contribution >= 4 is 17.5 Å². The van der Waals surface area contributed by atoms with Crippen LogP contribution >= 0.6 is 0 Å². The number of carbonyl (C=O) groups is 2. The number of benzene rings is 1. The molecule has 1 aliphatic heterocycles. The maximum absolute atomic E-state index is 12.5. The molecule has 0 aliphatic carbocycles. The van der Waals surface area contributed by atoms with E-state index in [1.165, 1.54) is 11.8 Å². The van der Waals surface area contributed by atoms with E-state index >= 15 is 0 Å². The predicted molar refractivity (Wildman–Crippen MR) is 93.3 cm³/mol. The van der Waals surface area contributed by atoms with Crippen molar-refractivity contribution < 1.29 is 19.1 Å². The maximum Gasteiger partial charge on any atom is 0.316 e. The van der Waals surface area contributed by atoms with E-state index in [-0.39, 0.29) is 6.54 Å². The topological polar surface area (TPSA) is 82.8 Å². The van der Waals surface area contributed by atoms with Gasteiger partial charge in [0.2, 0.25) is 0 Å². The SMILES string of the molecule is Cc1ccc2c(c1)N(C(=O)C(=O)NCC(C)(O)c1ccc(C)o1)CC2. The Bertz CT molecular complexity index is 823. The molecule has 25 heavy (non-hydrogen) atoms. The van der Waals surface area contributed by atoms with E-state index in [4.69, 9.17) is 4.42 Å². The predicted octanol–water partition coefficient (Wildman–Crippen LogP) is 1.81. The number of amides is 2. The van der Waals surface area contributed by atoms with E-state index in [1.54, 1.807) is 19.1 Å². The van der Waals surface area contributed by atoms with Crippen LogP contribution in [0.1, 0.15) is 29.6 Å². The number of nitrogens with zero attached hydrogens (tertiary/aromatic N) is 1. The number of nitrogens with one attached hydrogen (secondary N) is 1. The smallest absolute Gasteiger partial charge is 0.316 e. The molecule has 1 unspecified atom stereocenters. The van der Waals surface area contributed by atoms with Crippen LogP contribution in [0.2, 0.25) is 0 Å². The fourth-order valence-electron chi connectivity index (χ4n) is 2.96. The normalized spacial score (nSPS) is 15.6. The molecule has 0 bridgehead atoms. The number of rotatable bonds is 3. The highest BCUT2D eigenvalue weighted by Crippen LogP contribution is 2.29. The minimum absolute atomic E-state index is 0.112. The number of anilines is 1. The molecule has 2 amide bonds. The lowest BCUT2D eigenvalue weighted by Gasteiger charge is -2.22. The van der Waals surface area contributed by atoms with E-state index in [1.807, 2.05) is 25.1 Å². The molecule has 2 heterocycles. The molecular weight excluding hydrogens is 320 g/mol. The third-order valence-corrected chi connectivity index (χ3v) is 4.44. The lowest BCUT2D eigenvalue weighted by molar-refractivity contribution is -0.138. The van der Waals surface area contributed by atoms with Crippen LogP contribution in [-0.4, -0.2) is 30.0 Å². The van der Waals surface area contributed by atoms with Crippen molar-refractivity contribution in [2.45, 2.75) is 32.8 Å². The van der Waals surface area contributed by atoms with E-state index < -0.39 is 17.4 Å². The molecule has 1 aromatic heterocycles. The fraction of sp³-hybridized carbons (Fsp3) is 0.368. The summed E-state index contributed by atoms with van der Waals surface area (Å²) in [6.07, 6.45) is 0.734. The van der Waals surface area contributed by atoms with E-state index in [9.17, 15) is 14.7 Å². The lowest BCUT2D eigenvalue weighted by atomic mass is 10.0. The van der Waals surface area contributed by atoms with Gasteiger partial charge in [-0.1, -0.05) is 12.1 Å². The molecule has 0 spiro atoms. The standard InChI is InChI=1S/C19H22N2O4/c1-12-4-6-14-8-9-21(15(14)10-12)18(23)17(22)20-11-19(3,24)16-7-5-13(2)25-16/h4-7,10,24H,8-9,11H2,1-3H3,(H,20,22). The van der Waals surface area contributed by atoms with Crippen molar-refractivity contribution in [3.8, 4) is 0 Å². The highest BCUT2D eigenvalue weighted by molar-refractivity contribution is 6.40. The Morgan fingerprint density at radius 3 is 2.72 bits per heavy atom. The first-order valence-electron chi connectivity index (χ1n) is 8.26. The van der Waals surface area contributed by atoms with Crippen LogP contribution in [0, 0.1) is 13.8 Å². The highest BCUT2D eigenvalue weighted by Gasteiger charge is 2.32. The van der Waals surface area contributed by atoms with Gasteiger partial charge in [0.25, 0.3) is 0 Å². The zero-order chi connectivity index (χ0) is 18.2. The maximum atomic E-state index is 12.5. The van der Waals surface area contributed by atoms with Crippen LogP contribution in [-0.2, 0) is 21.6 Å². The molecule has 132 valence electrons. The minimum Gasteiger partial charge on any atom is -0.463 e. The Morgan fingerprint density at radius 2 is 2.04 bits per heavy atom. The van der Waals surface area contributed by atoms with Gasteiger partial charge in [-0.15, -0.1) is 0 Å². The van der Waals surface area contributed by atoms with Crippen molar-refractivity contribution in [1.29, 1.82) is 0 Å². The van der Waals surface area contributed by atoms with Crippen molar-refractivity contribution in [1.82, 2.24) is 5.32 Å². The summed E-state index contributed by atoms with van der Waals surface area (Å²) >= 11 is 0. The van der Waals surface area contributed by atoms with Crippen molar-refractivity contribution in [2.24, 2.45) is 0 Å². The average Bonchev–Trinajstić information content (AvgIpc) is 3.18. The van der Waals surface area contributed by atoms with Gasteiger partial charge in [-0.05, 0) is 56.5 Å². The zero-order valence-electron chi connectivity index (χ0n) is 14.6. The molecule has 1 aliphatic rings. The van der Waals surface area contributed by atoms with E-state index in [0.717, 1.165) is 23.2 Å². The Balaban J connectivity index is 1.66. The van der Waals surface area contributed by atoms with Gasteiger partial charge in [0.05, 0.1) is 6.54 Å². The van der Waals surface area contributed by atoms with Crippen LogP contribution in [0.3, 0.4) is 0 Å². The number of aliphatic hydroxyl groups is 1. The Hall–Kier alpha value is -2.60. The van der Waals surface area contributed by atoms with E-state index in [0.29, 0.717) is 18.1 Å². The van der Waals surface area contributed by atoms with Crippen LogP contribution < -0.4 is 10.2 Å². The molecule has 6 nitrogen and oxygen atoms in total. The summed E-state index contributed by atoms with van der Waals surface area (Å²) in [6.45, 7) is 5.63. The summed E-state index contributed by atoms with van der Waals surface area (Å²) in [7, 11) is 0. The second kappa shape index (κ2) is 6.37. The number of hydrogen-bond acceptors (Lipinski definition) is 4. The van der Waals surface area contributed by atoms with Gasteiger partial charge in [-0.3, -0.25) is 9.59 Å². The average molecular weight is 342 g/mol. The number of aryl methyl sites for hydroxylation is 2. The van der Waals surface area contributed by atoms with Crippen LogP contribution in [0.5, 0.6) is 0 Å². The summed E-state index contributed by atoms with van der Waals surface area (Å²) in [5.74, 6) is -0.338. The van der Waals surface area contributed by atoms with Gasteiger partial charge < -0.3 is 19.7 Å². The van der Waals surface area contributed by atoms with E-state index in [2.05, 4.69) is 5.32 Å². The molecule has 1 aromatic carbocycles. The second-order valence-electron chi connectivity index (χ2n) is 6.71. The number of fused-ring (bicyclic) bond motifs is 1. The molecule has 3 rings (SSSR count). The van der Waals surface area contributed by atoms with Gasteiger partial charge in [0, 0.05) is 12.2 Å². The van der Waals surface area contributed by atoms with Crippen molar-refractivity contribution in [2.75, 3.05) is 18.0 Å². The molecule has 2 aromatic rings. The Labute approximate surface area is 146 Å². The largest absolute Gasteiger partial charge is 0.463 e. The van der Waals surface area contributed by atoms with Crippen molar-refractivity contribution in [3.63, 3.8) is 0 Å². The van der Waals surface area contributed by atoms with Gasteiger partial charge in [-0.25, -0.2) is 0 Å². The van der Waals surface area contributed by atoms with Crippen molar-refractivity contribution in [3.05, 3.63) is 53.0 Å². The molecule has 2 N–H and O–H groups in total. The first kappa shape index (κ1) is 17.2. The van der Waals surface area contributed by atoms with Crippen LogP contribution in [0.15, 0.2) is 34.7 Å². The van der Waals surface area contributed by atoms with Gasteiger partial charge >= 0.3 is 11.8 Å². The summed E-state index contributed by atoms with van der Waals surface area (Å²) in [5, 5.41) is 13.0. The molecule has 6 heteroatoms.